The van der Waals surface area contributed by atoms with Gasteiger partial charge in [0.2, 0.25) is 0 Å². The molecule has 1 saturated heterocycles. The summed E-state index contributed by atoms with van der Waals surface area (Å²) in [6, 6.07) is 5.11. The molecule has 1 aliphatic heterocycles. The molecule has 0 radical (unpaired) electrons. The lowest BCUT2D eigenvalue weighted by Gasteiger charge is -1.94. The highest BCUT2D eigenvalue weighted by molar-refractivity contribution is 7.37. The first-order valence-corrected chi connectivity index (χ1v) is 5.33. The molecule has 1 N–H and O–H groups in total. The van der Waals surface area contributed by atoms with Crippen LogP contribution in [0.5, 0.6) is 0 Å². The molecule has 0 spiro atoms. The van der Waals surface area contributed by atoms with E-state index in [1.54, 1.807) is 0 Å². The van der Waals surface area contributed by atoms with Gasteiger partial charge < -0.3 is 4.89 Å². The van der Waals surface area contributed by atoms with Gasteiger partial charge in [-0.05, 0) is 27.7 Å². The molecule has 1 fully saturated rings. The van der Waals surface area contributed by atoms with Crippen molar-refractivity contribution in [1.82, 2.24) is 10.2 Å². The molecule has 2 rings (SSSR count). The highest BCUT2D eigenvalue weighted by atomic mass is 31.1. The number of amides is 1. The van der Waals surface area contributed by atoms with Gasteiger partial charge in [-0.3, -0.25) is 4.79 Å². The topological polar surface area (TPSA) is 77.4 Å². The molecule has 0 aromatic heterocycles. The van der Waals surface area contributed by atoms with E-state index in [9.17, 15) is 14.1 Å². The maximum absolute atomic E-state index is 12.7. The number of hydrazine groups is 1. The van der Waals surface area contributed by atoms with Crippen molar-refractivity contribution in [1.29, 1.82) is 0 Å². The molecule has 2 atom stereocenters. The van der Waals surface area contributed by atoms with Crippen LogP contribution in [0.2, 0.25) is 0 Å². The predicted octanol–water partition coefficient (Wildman–Crippen LogP) is 0.599. The summed E-state index contributed by atoms with van der Waals surface area (Å²) in [5.41, 5.74) is 2.73. The minimum atomic E-state index is -2.08. The van der Waals surface area contributed by atoms with Crippen molar-refractivity contribution in [2.24, 2.45) is 4.74 Å². The summed E-state index contributed by atoms with van der Waals surface area (Å²) in [5.74, 6) is -1.19. The van der Waals surface area contributed by atoms with E-state index >= 15 is 0 Å². The van der Waals surface area contributed by atoms with Gasteiger partial charge in [0.15, 0.2) is 0 Å². The average Bonchev–Trinajstić information content (AvgIpc) is 3.00. The highest BCUT2D eigenvalue weighted by Crippen LogP contribution is 2.25. The quantitative estimate of drug-likeness (QED) is 0.592. The Balaban J connectivity index is 2.17. The van der Waals surface area contributed by atoms with Crippen LogP contribution in [0.25, 0.3) is 0 Å². The van der Waals surface area contributed by atoms with E-state index in [0.717, 1.165) is 6.07 Å². The molecule has 2 unspecified atom stereocenters. The fourth-order valence-corrected chi connectivity index (χ4v) is 1.65. The van der Waals surface area contributed by atoms with E-state index in [1.165, 1.54) is 23.0 Å². The van der Waals surface area contributed by atoms with Gasteiger partial charge in [0, 0.05) is 5.56 Å². The second kappa shape index (κ2) is 4.12. The highest BCUT2D eigenvalue weighted by Gasteiger charge is 2.28. The average molecular weight is 227 g/mol. The van der Waals surface area contributed by atoms with Gasteiger partial charge in [0.1, 0.15) is 12.5 Å². The zero-order valence-electron chi connectivity index (χ0n) is 7.55. The molecule has 5 nitrogen and oxygen atoms in total. The Hall–Kier alpha value is -1.20. The van der Waals surface area contributed by atoms with E-state index in [4.69, 9.17) is 0 Å². The van der Waals surface area contributed by atoms with Crippen molar-refractivity contribution >= 4 is 14.0 Å². The third kappa shape index (κ3) is 2.64. The maximum Gasteiger partial charge on any atom is 0.319 e. The van der Waals surface area contributed by atoms with Crippen LogP contribution in [-0.2, 0) is 0 Å². The van der Waals surface area contributed by atoms with Crippen LogP contribution in [0.3, 0.4) is 0 Å². The summed E-state index contributed by atoms with van der Waals surface area (Å²) in [6.45, 7) is 0.454. The SMILES string of the molecule is O=C(N=[P+]([O-])N1CN1)c1cccc(F)c1. The number of nitrogens with one attached hydrogen (secondary N) is 1. The molecular formula is C8H7FN3O2P. The molecular weight excluding hydrogens is 220 g/mol. The van der Waals surface area contributed by atoms with Crippen LogP contribution in [0, 0.1) is 5.82 Å². The van der Waals surface area contributed by atoms with Crippen LogP contribution in [0.1, 0.15) is 10.4 Å². The van der Waals surface area contributed by atoms with E-state index in [1.807, 2.05) is 0 Å². The van der Waals surface area contributed by atoms with Gasteiger partial charge in [0.25, 0.3) is 8.09 Å². The first-order valence-electron chi connectivity index (χ1n) is 4.16. The fraction of sp³-hybridized carbons (Fsp3) is 0.125. The second-order valence-corrected chi connectivity index (χ2v) is 4.07. The zero-order chi connectivity index (χ0) is 10.8. The first kappa shape index (κ1) is 10.3. The summed E-state index contributed by atoms with van der Waals surface area (Å²) in [7, 11) is -2.08. The van der Waals surface area contributed by atoms with Crippen molar-refractivity contribution in [3.05, 3.63) is 35.6 Å². The Morgan fingerprint density at radius 1 is 1.67 bits per heavy atom. The lowest BCUT2D eigenvalue weighted by Crippen LogP contribution is -2.02. The van der Waals surface area contributed by atoms with E-state index in [0.29, 0.717) is 6.67 Å². The summed E-state index contributed by atoms with van der Waals surface area (Å²) < 4.78 is 17.5. The van der Waals surface area contributed by atoms with Gasteiger partial charge in [0.05, 0.1) is 0 Å². The molecule has 0 saturated carbocycles. The summed E-state index contributed by atoms with van der Waals surface area (Å²) in [4.78, 5) is 22.6. The molecule has 1 aromatic carbocycles. The zero-order valence-corrected chi connectivity index (χ0v) is 8.45. The van der Waals surface area contributed by atoms with Crippen molar-refractivity contribution < 1.29 is 14.1 Å². The molecule has 1 aromatic rings. The number of hydrogen-bond donors (Lipinski definition) is 1. The molecule has 1 heterocycles. The number of rotatable bonds is 2. The predicted molar refractivity (Wildman–Crippen MR) is 49.9 cm³/mol. The van der Waals surface area contributed by atoms with Crippen LogP contribution >= 0.6 is 8.09 Å². The van der Waals surface area contributed by atoms with E-state index in [2.05, 4.69) is 10.2 Å². The summed E-state index contributed by atoms with van der Waals surface area (Å²) in [5, 5.41) is 0. The molecule has 0 bridgehead atoms. The van der Waals surface area contributed by atoms with Crippen molar-refractivity contribution in [2.45, 2.75) is 0 Å². The van der Waals surface area contributed by atoms with Gasteiger partial charge in [-0.2, -0.15) is 5.43 Å². The first-order chi connectivity index (χ1) is 7.16. The molecule has 7 heteroatoms. The number of halogens is 1. The van der Waals surface area contributed by atoms with Gasteiger partial charge in [-0.25, -0.2) is 4.39 Å². The van der Waals surface area contributed by atoms with Crippen LogP contribution < -0.4 is 10.3 Å². The molecule has 1 amide bonds. The lowest BCUT2D eigenvalue weighted by atomic mass is 10.2. The van der Waals surface area contributed by atoms with E-state index in [-0.39, 0.29) is 5.56 Å². The minimum absolute atomic E-state index is 0.0974. The molecule has 0 aliphatic carbocycles. The van der Waals surface area contributed by atoms with Crippen LogP contribution in [0.15, 0.2) is 29.0 Å². The molecule has 1 aliphatic rings. The Labute approximate surface area is 86.1 Å². The Kier molecular flexibility index (Phi) is 2.83. The normalized spacial score (nSPS) is 20.1. The summed E-state index contributed by atoms with van der Waals surface area (Å²) in [6.07, 6.45) is 0. The Morgan fingerprint density at radius 3 is 3.00 bits per heavy atom. The molecule has 15 heavy (non-hydrogen) atoms. The number of benzene rings is 1. The van der Waals surface area contributed by atoms with Gasteiger partial charge >= 0.3 is 5.91 Å². The monoisotopic (exact) mass is 227 g/mol. The Bertz CT molecular complexity index is 434. The smallest absolute Gasteiger partial charge is 0.319 e. The largest absolute Gasteiger partial charge is 0.593 e. The Morgan fingerprint density at radius 2 is 2.40 bits per heavy atom. The number of hydrogen-bond acceptors (Lipinski definition) is 3. The van der Waals surface area contributed by atoms with Gasteiger partial charge in [-0.15, -0.1) is 0 Å². The molecule has 78 valence electrons. The third-order valence-electron chi connectivity index (χ3n) is 1.75. The standard InChI is InChI=1S/C8H7FN3O2P/c9-7-3-1-2-6(4-7)8(13)11-15(14)12-5-10-12/h1-4,10H,5H2. The van der Waals surface area contributed by atoms with Crippen LogP contribution in [-0.4, -0.2) is 17.4 Å². The van der Waals surface area contributed by atoms with Crippen molar-refractivity contribution in [3.63, 3.8) is 0 Å². The minimum Gasteiger partial charge on any atom is -0.593 e. The lowest BCUT2D eigenvalue weighted by molar-refractivity contribution is -0.162. The number of carbonyl (C=O) groups excluding carboxylic acids is 1. The van der Waals surface area contributed by atoms with Crippen molar-refractivity contribution in [3.8, 4) is 0 Å². The third-order valence-corrected chi connectivity index (χ3v) is 2.80. The van der Waals surface area contributed by atoms with Crippen molar-refractivity contribution in [2.75, 3.05) is 6.67 Å². The van der Waals surface area contributed by atoms with Crippen LogP contribution in [0.4, 0.5) is 4.39 Å². The van der Waals surface area contributed by atoms with E-state index < -0.39 is 19.8 Å². The summed E-state index contributed by atoms with van der Waals surface area (Å²) >= 11 is 0. The number of nitrogens with zero attached hydrogens (tertiary/aromatic N) is 2. The fourth-order valence-electron chi connectivity index (χ4n) is 0.964. The van der Waals surface area contributed by atoms with Gasteiger partial charge in [-0.1, -0.05) is 6.07 Å². The number of carbonyl (C=O) groups is 1. The maximum atomic E-state index is 12.7. The second-order valence-electron chi connectivity index (χ2n) is 2.88.